The Bertz CT molecular complexity index is 786. The summed E-state index contributed by atoms with van der Waals surface area (Å²) in [4.78, 5) is 12.6. The van der Waals surface area contributed by atoms with Crippen molar-refractivity contribution in [1.82, 2.24) is 4.57 Å². The molecule has 2 aromatic carbocycles. The maximum Gasteiger partial charge on any atom is 0.262 e. The molecule has 0 unspecified atom stereocenters. The summed E-state index contributed by atoms with van der Waals surface area (Å²) < 4.78 is 1.74. The Labute approximate surface area is 111 Å². The molecule has 1 aromatic heterocycles. The van der Waals surface area contributed by atoms with Crippen LogP contribution in [-0.4, -0.2) is 4.57 Å². The van der Waals surface area contributed by atoms with Crippen molar-refractivity contribution in [3.63, 3.8) is 0 Å². The quantitative estimate of drug-likeness (QED) is 0.680. The molecule has 0 atom stereocenters. The molecule has 0 aliphatic rings. The van der Waals surface area contributed by atoms with Crippen LogP contribution in [0.3, 0.4) is 0 Å². The first-order valence-electron chi connectivity index (χ1n) is 6.50. The van der Waals surface area contributed by atoms with Crippen molar-refractivity contribution in [2.24, 2.45) is 0 Å². The molecule has 94 valence electrons. The molecule has 0 N–H and O–H groups in total. The third-order valence-electron chi connectivity index (χ3n) is 3.45. The SMILES string of the molecule is CCc1ccccc1-n1ccc2ccccc2c1=O. The molecule has 3 aromatic rings. The van der Waals surface area contributed by atoms with Gasteiger partial charge < -0.3 is 0 Å². The maximum atomic E-state index is 12.6. The van der Waals surface area contributed by atoms with Gasteiger partial charge >= 0.3 is 0 Å². The Hall–Kier alpha value is -2.35. The molecule has 2 heteroatoms. The van der Waals surface area contributed by atoms with E-state index in [-0.39, 0.29) is 5.56 Å². The molecule has 0 amide bonds. The van der Waals surface area contributed by atoms with Gasteiger partial charge in [0.15, 0.2) is 0 Å². The van der Waals surface area contributed by atoms with E-state index in [0.717, 1.165) is 22.9 Å². The van der Waals surface area contributed by atoms with Crippen LogP contribution in [0.4, 0.5) is 0 Å². The molecule has 0 bridgehead atoms. The lowest BCUT2D eigenvalue weighted by Gasteiger charge is -2.11. The van der Waals surface area contributed by atoms with Gasteiger partial charge in [0.1, 0.15) is 0 Å². The number of hydrogen-bond donors (Lipinski definition) is 0. The van der Waals surface area contributed by atoms with E-state index in [1.807, 2.05) is 54.7 Å². The Morgan fingerprint density at radius 2 is 1.68 bits per heavy atom. The van der Waals surface area contributed by atoms with E-state index >= 15 is 0 Å². The number of fused-ring (bicyclic) bond motifs is 1. The van der Waals surface area contributed by atoms with Gasteiger partial charge in [0, 0.05) is 11.6 Å². The molecule has 0 spiro atoms. The van der Waals surface area contributed by atoms with Crippen molar-refractivity contribution in [2.45, 2.75) is 13.3 Å². The van der Waals surface area contributed by atoms with Gasteiger partial charge in [-0.25, -0.2) is 0 Å². The lowest BCUT2D eigenvalue weighted by atomic mass is 10.1. The molecule has 3 rings (SSSR count). The van der Waals surface area contributed by atoms with Crippen LogP contribution in [0, 0.1) is 0 Å². The van der Waals surface area contributed by atoms with E-state index in [1.165, 1.54) is 5.56 Å². The maximum absolute atomic E-state index is 12.6. The fourth-order valence-corrected chi connectivity index (χ4v) is 2.42. The molecule has 0 aliphatic carbocycles. The predicted molar refractivity (Wildman–Crippen MR) is 78.9 cm³/mol. The fraction of sp³-hybridized carbons (Fsp3) is 0.118. The highest BCUT2D eigenvalue weighted by atomic mass is 16.1. The van der Waals surface area contributed by atoms with Gasteiger partial charge in [0.05, 0.1) is 5.69 Å². The zero-order valence-electron chi connectivity index (χ0n) is 10.8. The number of pyridine rings is 1. The van der Waals surface area contributed by atoms with E-state index in [2.05, 4.69) is 13.0 Å². The van der Waals surface area contributed by atoms with Crippen molar-refractivity contribution >= 4 is 10.8 Å². The topological polar surface area (TPSA) is 22.0 Å². The highest BCUT2D eigenvalue weighted by molar-refractivity contribution is 5.81. The second-order valence-corrected chi connectivity index (χ2v) is 4.56. The predicted octanol–water partition coefficient (Wildman–Crippen LogP) is 3.55. The summed E-state index contributed by atoms with van der Waals surface area (Å²) in [7, 11) is 0. The van der Waals surface area contributed by atoms with Crippen LogP contribution in [0.2, 0.25) is 0 Å². The number of nitrogens with zero attached hydrogens (tertiary/aromatic N) is 1. The average molecular weight is 249 g/mol. The first-order valence-corrected chi connectivity index (χ1v) is 6.50. The highest BCUT2D eigenvalue weighted by Gasteiger charge is 2.06. The molecular weight excluding hydrogens is 234 g/mol. The standard InChI is InChI=1S/C17H15NO/c1-2-13-7-4-6-10-16(13)18-12-11-14-8-3-5-9-15(14)17(18)19/h3-12H,2H2,1H3. The molecule has 0 fully saturated rings. The number of para-hydroxylation sites is 1. The summed E-state index contributed by atoms with van der Waals surface area (Å²) in [6, 6.07) is 17.7. The van der Waals surface area contributed by atoms with Gasteiger partial charge in [-0.3, -0.25) is 9.36 Å². The Morgan fingerprint density at radius 3 is 2.53 bits per heavy atom. The van der Waals surface area contributed by atoms with E-state index in [1.54, 1.807) is 4.57 Å². The highest BCUT2D eigenvalue weighted by Crippen LogP contribution is 2.15. The summed E-state index contributed by atoms with van der Waals surface area (Å²) in [5.41, 5.74) is 2.19. The molecule has 19 heavy (non-hydrogen) atoms. The third-order valence-corrected chi connectivity index (χ3v) is 3.45. The molecule has 0 saturated heterocycles. The van der Waals surface area contributed by atoms with Crippen molar-refractivity contribution in [1.29, 1.82) is 0 Å². The monoisotopic (exact) mass is 249 g/mol. The lowest BCUT2D eigenvalue weighted by Crippen LogP contribution is -2.18. The van der Waals surface area contributed by atoms with Crippen molar-refractivity contribution < 1.29 is 0 Å². The second-order valence-electron chi connectivity index (χ2n) is 4.56. The Balaban J connectivity index is 2.32. The van der Waals surface area contributed by atoms with E-state index in [0.29, 0.717) is 0 Å². The summed E-state index contributed by atoms with van der Waals surface area (Å²) in [5, 5.41) is 1.74. The minimum absolute atomic E-state index is 0.0407. The molecular formula is C17H15NO. The van der Waals surface area contributed by atoms with E-state index in [9.17, 15) is 4.79 Å². The fourth-order valence-electron chi connectivity index (χ4n) is 2.42. The summed E-state index contributed by atoms with van der Waals surface area (Å²) in [6.07, 6.45) is 2.77. The smallest absolute Gasteiger partial charge is 0.262 e. The van der Waals surface area contributed by atoms with Crippen LogP contribution >= 0.6 is 0 Å². The van der Waals surface area contributed by atoms with Crippen LogP contribution in [0.1, 0.15) is 12.5 Å². The van der Waals surface area contributed by atoms with Crippen molar-refractivity contribution in [2.75, 3.05) is 0 Å². The van der Waals surface area contributed by atoms with Gasteiger partial charge in [-0.05, 0) is 35.6 Å². The number of aryl methyl sites for hydroxylation is 1. The van der Waals surface area contributed by atoms with Crippen LogP contribution in [0.5, 0.6) is 0 Å². The van der Waals surface area contributed by atoms with E-state index in [4.69, 9.17) is 0 Å². The lowest BCUT2D eigenvalue weighted by molar-refractivity contribution is 0.969. The van der Waals surface area contributed by atoms with Gasteiger partial charge in [-0.2, -0.15) is 0 Å². The van der Waals surface area contributed by atoms with Gasteiger partial charge in [-0.1, -0.05) is 43.3 Å². The van der Waals surface area contributed by atoms with Crippen LogP contribution in [-0.2, 0) is 6.42 Å². The third kappa shape index (κ3) is 1.95. The zero-order chi connectivity index (χ0) is 13.2. The van der Waals surface area contributed by atoms with Crippen LogP contribution in [0.25, 0.3) is 16.5 Å². The minimum Gasteiger partial charge on any atom is -0.283 e. The summed E-state index contributed by atoms with van der Waals surface area (Å²) in [5.74, 6) is 0. The number of benzene rings is 2. The largest absolute Gasteiger partial charge is 0.283 e. The first-order chi connectivity index (χ1) is 9.31. The minimum atomic E-state index is 0.0407. The molecule has 0 aliphatic heterocycles. The Morgan fingerprint density at radius 1 is 0.947 bits per heavy atom. The Kier molecular flexibility index (Phi) is 2.92. The first kappa shape index (κ1) is 11.7. The number of hydrogen-bond acceptors (Lipinski definition) is 1. The number of rotatable bonds is 2. The zero-order valence-corrected chi connectivity index (χ0v) is 10.8. The van der Waals surface area contributed by atoms with Crippen molar-refractivity contribution in [3.8, 4) is 5.69 Å². The second kappa shape index (κ2) is 4.73. The van der Waals surface area contributed by atoms with Gasteiger partial charge in [0.2, 0.25) is 0 Å². The number of aromatic nitrogens is 1. The van der Waals surface area contributed by atoms with Gasteiger partial charge in [-0.15, -0.1) is 0 Å². The molecule has 1 heterocycles. The summed E-state index contributed by atoms with van der Waals surface area (Å²) >= 11 is 0. The summed E-state index contributed by atoms with van der Waals surface area (Å²) in [6.45, 7) is 2.10. The van der Waals surface area contributed by atoms with E-state index < -0.39 is 0 Å². The van der Waals surface area contributed by atoms with Crippen molar-refractivity contribution in [3.05, 3.63) is 76.7 Å². The average Bonchev–Trinajstić information content (AvgIpc) is 2.48. The normalized spacial score (nSPS) is 10.8. The van der Waals surface area contributed by atoms with Gasteiger partial charge in [0.25, 0.3) is 5.56 Å². The van der Waals surface area contributed by atoms with Crippen LogP contribution in [0.15, 0.2) is 65.6 Å². The van der Waals surface area contributed by atoms with Crippen LogP contribution < -0.4 is 5.56 Å². The molecule has 0 saturated carbocycles. The molecule has 2 nitrogen and oxygen atoms in total. The molecule has 0 radical (unpaired) electrons.